The molecule has 4 heteroatoms. The molecule has 0 fully saturated rings. The summed E-state index contributed by atoms with van der Waals surface area (Å²) in [5, 5.41) is 0. The van der Waals surface area contributed by atoms with E-state index >= 15 is 0 Å². The molecule has 77 valence electrons. The summed E-state index contributed by atoms with van der Waals surface area (Å²) in [6.07, 6.45) is 0. The lowest BCUT2D eigenvalue weighted by Crippen LogP contribution is -2.11. The molecular formula is C10H11Br2OS. The third-order valence-corrected chi connectivity index (χ3v) is 4.66. The summed E-state index contributed by atoms with van der Waals surface area (Å²) in [6.45, 7) is 3.98. The average Bonchev–Trinajstić information content (AvgIpc) is 2.01. The Balaban J connectivity index is 2.84. The molecule has 0 N–H and O–H groups in total. The number of rotatable bonds is 3. The molecule has 1 nitrogen and oxygen atoms in total. The van der Waals surface area contributed by atoms with Crippen molar-refractivity contribution in [1.29, 1.82) is 0 Å². The lowest BCUT2D eigenvalue weighted by atomic mass is 10.3. The molecule has 1 aromatic carbocycles. The molecule has 1 unspecified atom stereocenters. The van der Waals surface area contributed by atoms with E-state index in [4.69, 9.17) is 0 Å². The Morgan fingerprint density at radius 3 is 2.50 bits per heavy atom. The molecule has 0 amide bonds. The Kier molecular flexibility index (Phi) is 4.97. The van der Waals surface area contributed by atoms with Crippen LogP contribution in [0.2, 0.25) is 0 Å². The second-order valence-electron chi connectivity index (χ2n) is 3.27. The highest BCUT2D eigenvalue weighted by Gasteiger charge is 2.16. The summed E-state index contributed by atoms with van der Waals surface area (Å²) in [5.41, 5.74) is 0. The summed E-state index contributed by atoms with van der Waals surface area (Å²) in [6, 6.07) is 5.70. The second-order valence-corrected chi connectivity index (χ2v) is 6.46. The zero-order chi connectivity index (χ0) is 10.7. The van der Waals surface area contributed by atoms with Gasteiger partial charge in [0, 0.05) is 10.4 Å². The van der Waals surface area contributed by atoms with Gasteiger partial charge in [-0.05, 0) is 45.3 Å². The number of hydrogen-bond acceptors (Lipinski definition) is 1. The van der Waals surface area contributed by atoms with Crippen molar-refractivity contribution in [2.45, 2.75) is 18.7 Å². The van der Waals surface area contributed by atoms with E-state index in [1.165, 1.54) is 5.92 Å². The zero-order valence-electron chi connectivity index (χ0n) is 8.01. The van der Waals surface area contributed by atoms with Gasteiger partial charge in [-0.3, -0.25) is 0 Å². The first-order chi connectivity index (χ1) is 6.50. The van der Waals surface area contributed by atoms with Crippen molar-refractivity contribution >= 4 is 43.0 Å². The minimum atomic E-state index is -0.938. The van der Waals surface area contributed by atoms with Gasteiger partial charge < -0.3 is 4.55 Å². The predicted octanol–water partition coefficient (Wildman–Crippen LogP) is 3.93. The van der Waals surface area contributed by atoms with E-state index in [1.807, 2.05) is 32.0 Å². The average molecular weight is 339 g/mol. The summed E-state index contributed by atoms with van der Waals surface area (Å²) in [7, 11) is 0. The van der Waals surface area contributed by atoms with Crippen LogP contribution < -0.4 is 0 Å². The van der Waals surface area contributed by atoms with Crippen molar-refractivity contribution in [3.8, 4) is 0 Å². The molecule has 0 bridgehead atoms. The molecule has 14 heavy (non-hydrogen) atoms. The predicted molar refractivity (Wildman–Crippen MR) is 67.7 cm³/mol. The molecule has 0 saturated heterocycles. The highest BCUT2D eigenvalue weighted by molar-refractivity contribution is 9.11. The van der Waals surface area contributed by atoms with Gasteiger partial charge in [0.25, 0.3) is 0 Å². The van der Waals surface area contributed by atoms with Crippen LogP contribution in [0, 0.1) is 5.92 Å². The smallest absolute Gasteiger partial charge is 0.166 e. The van der Waals surface area contributed by atoms with Gasteiger partial charge in [-0.2, -0.15) is 0 Å². The Morgan fingerprint density at radius 1 is 1.36 bits per heavy atom. The molecule has 1 rings (SSSR count). The third-order valence-electron chi connectivity index (χ3n) is 1.56. The quantitative estimate of drug-likeness (QED) is 0.766. The highest BCUT2D eigenvalue weighted by Crippen LogP contribution is 2.27. The van der Waals surface area contributed by atoms with Crippen LogP contribution in [0.15, 0.2) is 32.0 Å². The minimum Gasteiger partial charge on any atom is -0.611 e. The van der Waals surface area contributed by atoms with Crippen molar-refractivity contribution < 1.29 is 4.55 Å². The molecule has 0 heterocycles. The maximum absolute atomic E-state index is 11.8. The molecule has 0 spiro atoms. The fourth-order valence-corrected chi connectivity index (χ4v) is 3.76. The Bertz CT molecular complexity index is 315. The molecule has 1 atom stereocenters. The van der Waals surface area contributed by atoms with Gasteiger partial charge in [0.15, 0.2) is 4.90 Å². The van der Waals surface area contributed by atoms with Gasteiger partial charge in [-0.15, -0.1) is 0 Å². The minimum absolute atomic E-state index is 0.625. The first kappa shape index (κ1) is 12.6. The zero-order valence-corrected chi connectivity index (χ0v) is 12.0. The van der Waals surface area contributed by atoms with E-state index in [9.17, 15) is 4.55 Å². The normalized spacial score (nSPS) is 13.3. The fraction of sp³-hybridized carbons (Fsp3) is 0.300. The van der Waals surface area contributed by atoms with Crippen molar-refractivity contribution in [3.05, 3.63) is 33.1 Å². The maximum Gasteiger partial charge on any atom is 0.166 e. The summed E-state index contributed by atoms with van der Waals surface area (Å²) in [5.74, 6) is 1.80. The molecule has 1 aromatic rings. The van der Waals surface area contributed by atoms with E-state index < -0.39 is 11.2 Å². The Labute approximate surface area is 105 Å². The molecule has 0 saturated carbocycles. The monoisotopic (exact) mass is 337 g/mol. The van der Waals surface area contributed by atoms with Gasteiger partial charge in [-0.1, -0.05) is 29.8 Å². The van der Waals surface area contributed by atoms with E-state index in [-0.39, 0.29) is 0 Å². The van der Waals surface area contributed by atoms with Crippen LogP contribution in [0.25, 0.3) is 0 Å². The first-order valence-electron chi connectivity index (χ1n) is 4.13. The van der Waals surface area contributed by atoms with E-state index in [1.54, 1.807) is 0 Å². The van der Waals surface area contributed by atoms with Crippen LogP contribution >= 0.6 is 31.9 Å². The van der Waals surface area contributed by atoms with Crippen LogP contribution in [-0.2, 0) is 11.2 Å². The molecule has 0 aliphatic rings. The summed E-state index contributed by atoms with van der Waals surface area (Å²) in [4.78, 5) is 0.856. The molecule has 0 aliphatic heterocycles. The van der Waals surface area contributed by atoms with Crippen molar-refractivity contribution in [2.24, 2.45) is 0 Å². The molecular weight excluding hydrogens is 328 g/mol. The van der Waals surface area contributed by atoms with E-state index in [0.29, 0.717) is 5.75 Å². The van der Waals surface area contributed by atoms with Crippen LogP contribution in [-0.4, -0.2) is 10.3 Å². The van der Waals surface area contributed by atoms with Gasteiger partial charge in [-0.25, -0.2) is 0 Å². The first-order valence-corrected chi connectivity index (χ1v) is 7.03. The van der Waals surface area contributed by atoms with Crippen molar-refractivity contribution in [2.75, 3.05) is 5.75 Å². The topological polar surface area (TPSA) is 23.1 Å². The number of halogens is 2. The largest absolute Gasteiger partial charge is 0.611 e. The van der Waals surface area contributed by atoms with Gasteiger partial charge in [0.2, 0.25) is 0 Å². The van der Waals surface area contributed by atoms with Gasteiger partial charge in [0.1, 0.15) is 5.75 Å². The Hall–Kier alpha value is 0.490. The lowest BCUT2D eigenvalue weighted by Gasteiger charge is -2.13. The molecule has 1 radical (unpaired) electrons. The fourth-order valence-electron chi connectivity index (χ4n) is 1.000. The summed E-state index contributed by atoms with van der Waals surface area (Å²) >= 11 is 5.83. The summed E-state index contributed by atoms with van der Waals surface area (Å²) < 4.78 is 13.7. The maximum atomic E-state index is 11.8. The van der Waals surface area contributed by atoms with Crippen molar-refractivity contribution in [1.82, 2.24) is 0 Å². The second kappa shape index (κ2) is 5.54. The van der Waals surface area contributed by atoms with Crippen molar-refractivity contribution in [3.63, 3.8) is 0 Å². The standard InChI is InChI=1S/C10H11Br2OS/c1-7(2)6-14(13)10-4-3-8(11)5-9(10)12/h3-5H,6H2,1-2H3. The third kappa shape index (κ3) is 3.57. The lowest BCUT2D eigenvalue weighted by molar-refractivity contribution is 0.594. The van der Waals surface area contributed by atoms with Crippen LogP contribution in [0.5, 0.6) is 0 Å². The van der Waals surface area contributed by atoms with Crippen LogP contribution in [0.1, 0.15) is 13.8 Å². The molecule has 0 aliphatic carbocycles. The van der Waals surface area contributed by atoms with Gasteiger partial charge in [0.05, 0.1) is 4.47 Å². The number of benzene rings is 1. The van der Waals surface area contributed by atoms with Gasteiger partial charge >= 0.3 is 0 Å². The van der Waals surface area contributed by atoms with E-state index in [0.717, 1.165) is 13.8 Å². The number of hydrogen-bond donors (Lipinski definition) is 0. The van der Waals surface area contributed by atoms with E-state index in [2.05, 4.69) is 31.9 Å². The van der Waals surface area contributed by atoms with Crippen LogP contribution in [0.4, 0.5) is 0 Å². The van der Waals surface area contributed by atoms with Crippen LogP contribution in [0.3, 0.4) is 0 Å². The molecule has 0 aromatic heterocycles. The Morgan fingerprint density at radius 2 is 2.00 bits per heavy atom. The SMILES string of the molecule is C[C](C)C[S+]([O-])c1ccc(Br)cc1Br. The highest BCUT2D eigenvalue weighted by atomic mass is 79.9.